The van der Waals surface area contributed by atoms with E-state index in [-0.39, 0.29) is 111 Å². The number of nitrogens with zero attached hydrogens (tertiary/aromatic N) is 6. The van der Waals surface area contributed by atoms with Crippen LogP contribution in [0.5, 0.6) is 17.2 Å². The maximum Gasteiger partial charge on any atom is 0.264 e. The van der Waals surface area contributed by atoms with E-state index >= 15 is 0 Å². The monoisotopic (exact) mass is 2170 g/mol. The lowest BCUT2D eigenvalue weighted by molar-refractivity contribution is -0.126. The van der Waals surface area contributed by atoms with Crippen LogP contribution in [0.25, 0.3) is 0 Å². The molecule has 25 atom stereocenters. The van der Waals surface area contributed by atoms with Gasteiger partial charge in [-0.3, -0.25) is 33.8 Å². The van der Waals surface area contributed by atoms with E-state index in [1.165, 1.54) is 33.4 Å². The first kappa shape index (κ1) is 107. The summed E-state index contributed by atoms with van der Waals surface area (Å²) in [6.07, 6.45) is 29.4. The van der Waals surface area contributed by atoms with E-state index in [4.69, 9.17) is 63.2 Å². The van der Waals surface area contributed by atoms with Crippen LogP contribution in [0.2, 0.25) is 15.1 Å². The van der Waals surface area contributed by atoms with Gasteiger partial charge in [0.2, 0.25) is 20.0 Å². The Balaban J connectivity index is 0.000000127. The zero-order chi connectivity index (χ0) is 105. The van der Waals surface area contributed by atoms with Gasteiger partial charge in [0, 0.05) is 151 Å². The molecule has 9 fully saturated rings. The summed E-state index contributed by atoms with van der Waals surface area (Å²) in [5, 5.41) is 38.9. The SMILES string of the molecule is C=S1(=O)NC(=O)c2ccc3c(c2)N(C[C@@H]2CC[C@H]2[C@@](O)(CN2C[C@H]4CC[C@@H](C2)O4)CCC[C@H](C)[C@H]1C)C[C@@]1(CCCc2cc(Cl)ccc21)CO3.C[C@@H]1[C@@H](C)CCC[C@@](O)(CN2C[C@H]3CC[C@@H](C2)O3)[C@@H]2CC[C@H]2CN2C[C@@]3(CCCc4cc(Cl)ccc43)COc3ccc(cc32)C(=O)NS1(=O)=O.C[C@@H]1[C@@H](C)CCC[C@](O)(CN2C[C@H]3CC[C@@H](C2)O3)[C@@H]2CC[C@H]2CN2C[C@@]3(CCCc4cc(Cl)ccc43)COc3ccc(cc32)C(=O)NS1(=O)=O. The molecule has 816 valence electrons. The van der Waals surface area contributed by atoms with E-state index in [9.17, 15) is 50.7 Å². The third-order valence-electron chi connectivity index (χ3n) is 40.0. The Morgan fingerprint density at radius 3 is 0.920 bits per heavy atom. The van der Waals surface area contributed by atoms with Gasteiger partial charge >= 0.3 is 0 Å². The number of aryl methyl sites for hydroxylation is 3. The second-order valence-electron chi connectivity index (χ2n) is 49.8. The summed E-state index contributed by atoms with van der Waals surface area (Å²) < 4.78 is 114. The minimum Gasteiger partial charge on any atom is -0.490 e. The molecule has 24 rings (SSSR count). The third kappa shape index (κ3) is 21.8. The largest absolute Gasteiger partial charge is 0.490 e. The standard InChI is InChI=1S/C40H54ClN3O5S.2C39H52ClN3O6S/c1-26-6-4-17-40(46,24-43-21-32-11-12-33(22-43)49-32)35-13-8-30(35)20-44-23-39(16-5-7-28-18-31(41)10-14-34(28)39)25-48-37-15-9-29(19-36(37)44)38(45)42-50(3,47)27(26)2;2*1-25-5-3-16-39(45,23-42-20-31-10-11-32(21-42)49-31)34-12-7-29(34)19-43-22-38(15-4-6-27-17-30(40)9-13-33(27)38)24-48-36-14-8-28(18-35(36)43)37(44)41-50(46,47)26(25)2/h9-10,14-15,18-19,26-27,30,32-33,35,46H,3-8,11-13,16-17,20-25H2,1-2H3,(H,42,45,47);2*8-9,13-14,17-18,25-26,29,31-32,34,45H,3-7,10-12,15-16,19-24H2,1-2H3,(H,41,44)/t26-,27+,30-,32-,33+,35+,39-,40-,50?;25-,26+,29-,31-,32+,34+,38-,39+;25-,26+,29-,31-,32+,34+,38-,39-/m000/s1. The summed E-state index contributed by atoms with van der Waals surface area (Å²) in [7, 11) is -10.8. The lowest BCUT2D eigenvalue weighted by atomic mass is 9.62. The Kier molecular flexibility index (Phi) is 30.5. The van der Waals surface area contributed by atoms with Gasteiger partial charge in [-0.25, -0.2) is 30.5 Å². The number of ether oxygens (including phenoxy) is 6. The number of likely N-dealkylation sites (tertiary alicyclic amines) is 3. The van der Waals surface area contributed by atoms with Crippen molar-refractivity contribution >= 4 is 105 Å². The third-order valence-corrected chi connectivity index (χ3v) is 46.7. The van der Waals surface area contributed by atoms with Crippen LogP contribution in [-0.4, -0.2) is 262 Å². The highest BCUT2D eigenvalue weighted by atomic mass is 35.5. The molecule has 150 heavy (non-hydrogen) atoms. The van der Waals surface area contributed by atoms with Gasteiger partial charge in [-0.05, 0) is 378 Å². The van der Waals surface area contributed by atoms with E-state index in [0.717, 1.165) is 264 Å². The Morgan fingerprint density at radius 1 is 0.347 bits per heavy atom. The van der Waals surface area contributed by atoms with E-state index in [1.54, 1.807) is 32.0 Å². The van der Waals surface area contributed by atoms with Gasteiger partial charge in [0.05, 0.1) is 111 Å². The first-order chi connectivity index (χ1) is 71.7. The maximum atomic E-state index is 14.0. The molecule has 6 aromatic rings. The zero-order valence-electron chi connectivity index (χ0n) is 88.5. The number of carbonyl (C=O) groups excluding carboxylic acids is 3. The number of carbonyl (C=O) groups is 3. The molecule has 0 radical (unpaired) electrons. The Bertz CT molecular complexity index is 5780. The summed E-state index contributed by atoms with van der Waals surface area (Å²) in [4.78, 5) is 55.5. The fourth-order valence-corrected chi connectivity index (χ4v) is 35.4. The van der Waals surface area contributed by atoms with Crippen molar-refractivity contribution in [1.82, 2.24) is 28.9 Å². The highest BCUT2D eigenvalue weighted by molar-refractivity contribution is 7.99. The highest BCUT2D eigenvalue weighted by Gasteiger charge is 2.57. The molecule has 3 amide bonds. The van der Waals surface area contributed by atoms with Gasteiger partial charge < -0.3 is 58.4 Å². The van der Waals surface area contributed by atoms with Crippen LogP contribution in [0.4, 0.5) is 17.1 Å². The number of sulfonamides is 2. The highest BCUT2D eigenvalue weighted by Crippen LogP contribution is 2.56. The second kappa shape index (κ2) is 42.7. The van der Waals surface area contributed by atoms with E-state index < -0.39 is 68.9 Å². The summed E-state index contributed by atoms with van der Waals surface area (Å²) in [5.74, 6) is 5.49. The van der Waals surface area contributed by atoms with Gasteiger partial charge in [0.15, 0.2) is 0 Å². The average Bonchev–Trinajstić information content (AvgIpc) is 1.47. The molecule has 6 aliphatic carbocycles. The fourth-order valence-electron chi connectivity index (χ4n) is 30.6. The number of fused-ring (bicyclic) bond motifs is 18. The number of rotatable bonds is 6. The van der Waals surface area contributed by atoms with Crippen LogP contribution < -0.4 is 43.1 Å². The van der Waals surface area contributed by atoms with Crippen molar-refractivity contribution in [3.63, 3.8) is 0 Å². The number of amides is 3. The summed E-state index contributed by atoms with van der Waals surface area (Å²) >= 11 is 19.4. The number of aliphatic hydroxyl groups is 3. The summed E-state index contributed by atoms with van der Waals surface area (Å²) in [6, 6.07) is 35.0. The minimum absolute atomic E-state index is 0.0641. The molecule has 0 aromatic heterocycles. The quantitative estimate of drug-likeness (QED) is 0.0844. The van der Waals surface area contributed by atoms with Crippen molar-refractivity contribution in [2.75, 3.05) is 133 Å². The molecule has 6 aromatic carbocycles. The lowest BCUT2D eigenvalue weighted by Gasteiger charge is -2.52. The molecule has 1 unspecified atom stereocenters. The van der Waals surface area contributed by atoms with Gasteiger partial charge in [0.25, 0.3) is 17.7 Å². The Labute approximate surface area is 903 Å². The number of benzene rings is 6. The number of anilines is 3. The fraction of sp³-hybridized carbons (Fsp3) is 0.661. The van der Waals surface area contributed by atoms with Crippen LogP contribution in [0.1, 0.15) is 279 Å². The zero-order valence-corrected chi connectivity index (χ0v) is 93.2. The molecule has 12 bridgehead atoms. The average molecular weight is 2180 g/mol. The van der Waals surface area contributed by atoms with Gasteiger partial charge in [-0.1, -0.05) is 93.0 Å². The predicted molar refractivity (Wildman–Crippen MR) is 590 cm³/mol. The Hall–Kier alpha value is -7.04. The number of halogens is 3. The molecule has 18 aliphatic rings. The molecular weight excluding hydrogens is 2020 g/mol. The van der Waals surface area contributed by atoms with Crippen LogP contribution in [0.15, 0.2) is 109 Å². The smallest absolute Gasteiger partial charge is 0.264 e. The van der Waals surface area contributed by atoms with E-state index in [1.807, 2.05) is 75.4 Å². The minimum atomic E-state index is -3.94. The summed E-state index contributed by atoms with van der Waals surface area (Å²) in [6.45, 7) is 24.2. The maximum absolute atomic E-state index is 14.0. The Morgan fingerprint density at radius 2 is 0.633 bits per heavy atom. The van der Waals surface area contributed by atoms with E-state index in [0.29, 0.717) is 119 Å². The van der Waals surface area contributed by atoms with Crippen molar-refractivity contribution in [1.29, 1.82) is 0 Å². The van der Waals surface area contributed by atoms with Crippen molar-refractivity contribution in [3.05, 3.63) is 174 Å². The van der Waals surface area contributed by atoms with Crippen LogP contribution in [-0.2, 0) is 79.5 Å². The molecular formula is C118H158Cl3N9O17S3. The number of nitrogens with one attached hydrogen (secondary N) is 3. The molecule has 12 aliphatic heterocycles. The number of hydrogen-bond donors (Lipinski definition) is 6. The molecule has 12 heterocycles. The van der Waals surface area contributed by atoms with Crippen LogP contribution in [0, 0.1) is 53.3 Å². The number of morpholine rings is 3. The first-order valence-corrected chi connectivity index (χ1v) is 62.8. The lowest BCUT2D eigenvalue weighted by Crippen LogP contribution is -2.58. The van der Waals surface area contributed by atoms with Crippen LogP contribution >= 0.6 is 34.8 Å². The van der Waals surface area contributed by atoms with Crippen molar-refractivity contribution in [3.8, 4) is 17.2 Å². The first-order valence-electron chi connectivity index (χ1n) is 56.8. The number of hydrogen-bond acceptors (Lipinski definition) is 23. The van der Waals surface area contributed by atoms with E-state index in [2.05, 4.69) is 92.8 Å². The van der Waals surface area contributed by atoms with Crippen LogP contribution in [0.3, 0.4) is 0 Å². The molecule has 3 spiro atoms. The number of β-amino-alcohol motifs (C(OH)–C–C–N with tert-alkyl or cyclic N) is 3. The molecule has 26 nitrogen and oxygen atoms in total. The van der Waals surface area contributed by atoms with Gasteiger partial charge in [0.1, 0.15) is 17.2 Å². The van der Waals surface area contributed by atoms with Crippen molar-refractivity contribution in [2.24, 2.45) is 53.3 Å². The van der Waals surface area contributed by atoms with Crippen molar-refractivity contribution in [2.45, 2.75) is 320 Å². The predicted octanol–water partition coefficient (Wildman–Crippen LogP) is 17.4. The molecule has 3 saturated carbocycles. The van der Waals surface area contributed by atoms with Gasteiger partial charge in [-0.15, -0.1) is 0 Å². The molecule has 6 N–H and O–H groups in total. The normalized spacial score (nSPS) is 37.8. The topological polar surface area (TPSA) is 308 Å². The van der Waals surface area contributed by atoms with Crippen molar-refractivity contribution < 1.29 is 79.2 Å². The summed E-state index contributed by atoms with van der Waals surface area (Å²) in [5.41, 5.74) is 7.76. The molecule has 6 saturated heterocycles. The second-order valence-corrected chi connectivity index (χ2v) is 57.6. The molecule has 32 heteroatoms. The van der Waals surface area contributed by atoms with Gasteiger partial charge in [-0.2, -0.15) is 0 Å².